The molecule has 12 heteroatoms. The van der Waals surface area contributed by atoms with Crippen LogP contribution in [0.15, 0.2) is 54.1 Å². The number of nitrogens with zero attached hydrogens (tertiary/aromatic N) is 3. The molecule has 0 radical (unpaired) electrons. The summed E-state index contributed by atoms with van der Waals surface area (Å²) < 4.78 is 51.7. The van der Waals surface area contributed by atoms with Crippen LogP contribution in [0.2, 0.25) is 0 Å². The van der Waals surface area contributed by atoms with Crippen LogP contribution in [0.3, 0.4) is 0 Å². The van der Waals surface area contributed by atoms with Gasteiger partial charge in [0.05, 0.1) is 16.9 Å². The fraction of sp³-hybridized carbons (Fsp3) is 0.182. The molecule has 0 aliphatic carbocycles. The number of amides is 2. The summed E-state index contributed by atoms with van der Waals surface area (Å²) in [4.78, 5) is 33.2. The Kier molecular flexibility index (Phi) is 7.95. The van der Waals surface area contributed by atoms with E-state index in [1.54, 1.807) is 11.4 Å². The number of hydrogen-bond donors (Lipinski definition) is 2. The van der Waals surface area contributed by atoms with E-state index >= 15 is 0 Å². The highest BCUT2D eigenvalue weighted by Crippen LogP contribution is 2.31. The van der Waals surface area contributed by atoms with E-state index in [4.69, 9.17) is 0 Å². The molecule has 0 bridgehead atoms. The average Bonchev–Trinajstić information content (AvgIpc) is 3.25. The number of pyridine rings is 1. The van der Waals surface area contributed by atoms with Crippen LogP contribution in [0, 0.1) is 5.82 Å². The molecule has 0 fully saturated rings. The maximum Gasteiger partial charge on any atom is 0.417 e. The third kappa shape index (κ3) is 6.61. The highest BCUT2D eigenvalue weighted by Gasteiger charge is 2.30. The average molecular weight is 493 g/mol. The van der Waals surface area contributed by atoms with E-state index < -0.39 is 29.4 Å². The zero-order chi connectivity index (χ0) is 24.7. The molecule has 2 heterocycles. The summed E-state index contributed by atoms with van der Waals surface area (Å²) >= 11 is 1.12. The van der Waals surface area contributed by atoms with E-state index in [0.717, 1.165) is 28.5 Å². The second kappa shape index (κ2) is 10.9. The SMILES string of the molecule is CC(=O)N(c1nc(/C=C/C(=O)NCCNc2ccc(C(F)(F)F)cn2)cs1)c1ccccc1F. The van der Waals surface area contributed by atoms with Gasteiger partial charge in [-0.05, 0) is 30.3 Å². The van der Waals surface area contributed by atoms with Crippen LogP contribution in [0.4, 0.5) is 34.2 Å². The number of halogens is 4. The molecule has 1 aromatic carbocycles. The number of rotatable bonds is 8. The Morgan fingerprint density at radius 1 is 1.15 bits per heavy atom. The minimum atomic E-state index is -4.45. The van der Waals surface area contributed by atoms with Gasteiger partial charge in [0.15, 0.2) is 5.13 Å². The van der Waals surface area contributed by atoms with Gasteiger partial charge in [-0.2, -0.15) is 13.2 Å². The van der Waals surface area contributed by atoms with Gasteiger partial charge >= 0.3 is 6.18 Å². The Morgan fingerprint density at radius 2 is 1.91 bits per heavy atom. The number of thiazole rings is 1. The molecular formula is C22H19F4N5O2S. The molecule has 178 valence electrons. The fourth-order valence-corrected chi connectivity index (χ4v) is 3.61. The van der Waals surface area contributed by atoms with Gasteiger partial charge in [0.25, 0.3) is 0 Å². The first kappa shape index (κ1) is 24.8. The lowest BCUT2D eigenvalue weighted by molar-refractivity contribution is -0.137. The maximum absolute atomic E-state index is 14.1. The number of benzene rings is 1. The predicted octanol–water partition coefficient (Wildman–Crippen LogP) is 4.62. The highest BCUT2D eigenvalue weighted by molar-refractivity contribution is 7.14. The summed E-state index contributed by atoms with van der Waals surface area (Å²) in [6, 6.07) is 7.95. The maximum atomic E-state index is 14.1. The second-order valence-corrected chi connectivity index (χ2v) is 7.68. The van der Waals surface area contributed by atoms with Crippen molar-refractivity contribution in [2.24, 2.45) is 0 Å². The van der Waals surface area contributed by atoms with Crippen LogP contribution in [0.5, 0.6) is 0 Å². The van der Waals surface area contributed by atoms with E-state index in [9.17, 15) is 27.2 Å². The van der Waals surface area contributed by atoms with Crippen LogP contribution in [0.1, 0.15) is 18.2 Å². The molecule has 3 rings (SSSR count). The smallest absolute Gasteiger partial charge is 0.368 e. The predicted molar refractivity (Wildman–Crippen MR) is 121 cm³/mol. The third-order valence-electron chi connectivity index (χ3n) is 4.34. The van der Waals surface area contributed by atoms with Crippen molar-refractivity contribution >= 4 is 45.9 Å². The molecule has 0 unspecified atom stereocenters. The van der Waals surface area contributed by atoms with Crippen LogP contribution in [0.25, 0.3) is 6.08 Å². The molecule has 2 aromatic heterocycles. The van der Waals surface area contributed by atoms with Crippen molar-refractivity contribution in [3.05, 3.63) is 71.1 Å². The van der Waals surface area contributed by atoms with Crippen molar-refractivity contribution < 1.29 is 27.2 Å². The normalized spacial score (nSPS) is 11.4. The van der Waals surface area contributed by atoms with Gasteiger partial charge in [-0.1, -0.05) is 12.1 Å². The second-order valence-electron chi connectivity index (χ2n) is 6.84. The zero-order valence-electron chi connectivity index (χ0n) is 17.8. The van der Waals surface area contributed by atoms with Gasteiger partial charge < -0.3 is 10.6 Å². The number of aromatic nitrogens is 2. The number of hydrogen-bond acceptors (Lipinski definition) is 6. The Balaban J connectivity index is 1.51. The molecule has 2 amide bonds. The van der Waals surface area contributed by atoms with Gasteiger partial charge in [0.1, 0.15) is 11.6 Å². The third-order valence-corrected chi connectivity index (χ3v) is 5.18. The molecule has 2 N–H and O–H groups in total. The van der Waals surface area contributed by atoms with E-state index in [2.05, 4.69) is 20.6 Å². The van der Waals surface area contributed by atoms with E-state index in [1.807, 2.05) is 0 Å². The standard InChI is InChI=1S/C22H19F4N5O2S/c1-14(32)31(18-5-3-2-4-17(18)23)21-30-16(13-34-21)7-9-20(33)28-11-10-27-19-8-6-15(12-29-19)22(24,25)26/h2-9,12-13H,10-11H2,1H3,(H,27,29)(H,28,33)/b9-7+. The van der Waals surface area contributed by atoms with Gasteiger partial charge in [0, 0.05) is 37.7 Å². The lowest BCUT2D eigenvalue weighted by atomic mass is 10.3. The van der Waals surface area contributed by atoms with Gasteiger partial charge in [-0.15, -0.1) is 11.3 Å². The summed E-state index contributed by atoms with van der Waals surface area (Å²) in [6.45, 7) is 1.74. The largest absolute Gasteiger partial charge is 0.417 e. The molecule has 0 atom stereocenters. The number of carbonyl (C=O) groups is 2. The summed E-state index contributed by atoms with van der Waals surface area (Å²) in [5.74, 6) is -1.15. The molecule has 0 aliphatic heterocycles. The van der Waals surface area contributed by atoms with Crippen molar-refractivity contribution in [1.29, 1.82) is 0 Å². The number of alkyl halides is 3. The molecule has 34 heavy (non-hydrogen) atoms. The number of para-hydroxylation sites is 1. The molecule has 0 saturated heterocycles. The van der Waals surface area contributed by atoms with Gasteiger partial charge in [-0.25, -0.2) is 14.4 Å². The first-order chi connectivity index (χ1) is 16.1. The van der Waals surface area contributed by atoms with Crippen molar-refractivity contribution in [2.45, 2.75) is 13.1 Å². The molecular weight excluding hydrogens is 474 g/mol. The van der Waals surface area contributed by atoms with Gasteiger partial charge in [-0.3, -0.25) is 14.5 Å². The highest BCUT2D eigenvalue weighted by atomic mass is 32.1. The summed E-state index contributed by atoms with van der Waals surface area (Å²) in [7, 11) is 0. The molecule has 3 aromatic rings. The Bertz CT molecular complexity index is 1180. The molecule has 0 aliphatic rings. The Morgan fingerprint density at radius 3 is 2.56 bits per heavy atom. The number of carbonyl (C=O) groups excluding carboxylic acids is 2. The minimum Gasteiger partial charge on any atom is -0.368 e. The van der Waals surface area contributed by atoms with Crippen LogP contribution >= 0.6 is 11.3 Å². The lowest BCUT2D eigenvalue weighted by Gasteiger charge is -2.18. The molecule has 0 saturated carbocycles. The topological polar surface area (TPSA) is 87.2 Å². The zero-order valence-corrected chi connectivity index (χ0v) is 18.6. The van der Waals surface area contributed by atoms with Gasteiger partial charge in [0.2, 0.25) is 11.8 Å². The quantitative estimate of drug-likeness (QED) is 0.272. The first-order valence-electron chi connectivity index (χ1n) is 9.89. The van der Waals surface area contributed by atoms with Crippen molar-refractivity contribution in [1.82, 2.24) is 15.3 Å². The fourth-order valence-electron chi connectivity index (χ4n) is 2.76. The Labute approximate surface area is 196 Å². The van der Waals surface area contributed by atoms with E-state index in [1.165, 1.54) is 43.3 Å². The summed E-state index contributed by atoms with van der Waals surface area (Å²) in [6.07, 6.45) is -1.03. The van der Waals surface area contributed by atoms with Crippen molar-refractivity contribution in [2.75, 3.05) is 23.3 Å². The Hall–Kier alpha value is -3.80. The van der Waals surface area contributed by atoms with E-state index in [-0.39, 0.29) is 29.7 Å². The van der Waals surface area contributed by atoms with Crippen LogP contribution in [-0.2, 0) is 15.8 Å². The van der Waals surface area contributed by atoms with Crippen LogP contribution in [-0.4, -0.2) is 34.9 Å². The summed E-state index contributed by atoms with van der Waals surface area (Å²) in [5.41, 5.74) is -0.362. The van der Waals surface area contributed by atoms with Crippen LogP contribution < -0.4 is 15.5 Å². The van der Waals surface area contributed by atoms with Crippen molar-refractivity contribution in [3.8, 4) is 0 Å². The first-order valence-corrected chi connectivity index (χ1v) is 10.8. The lowest BCUT2D eigenvalue weighted by Crippen LogP contribution is -2.27. The number of nitrogens with one attached hydrogen (secondary N) is 2. The molecule has 7 nitrogen and oxygen atoms in total. The van der Waals surface area contributed by atoms with E-state index in [0.29, 0.717) is 5.69 Å². The molecule has 0 spiro atoms. The summed E-state index contributed by atoms with van der Waals surface area (Å²) in [5, 5.41) is 7.28. The monoisotopic (exact) mass is 493 g/mol. The minimum absolute atomic E-state index is 0.0765. The number of anilines is 3. The van der Waals surface area contributed by atoms with Crippen molar-refractivity contribution in [3.63, 3.8) is 0 Å².